The molecular weight excluding hydrogens is 502 g/mol. The van der Waals surface area contributed by atoms with E-state index in [1.54, 1.807) is 0 Å². The van der Waals surface area contributed by atoms with Crippen molar-refractivity contribution in [3.05, 3.63) is 65.2 Å². The maximum atomic E-state index is 13.9. The Bertz CT molecular complexity index is 1150. The number of carbonyl (C=O) groups excluding carboxylic acids is 2. The second-order valence-electron chi connectivity index (χ2n) is 11.4. The van der Waals surface area contributed by atoms with Gasteiger partial charge in [-0.25, -0.2) is 4.79 Å². The van der Waals surface area contributed by atoms with Gasteiger partial charge in [-0.3, -0.25) is 4.79 Å². The summed E-state index contributed by atoms with van der Waals surface area (Å²) in [5.41, 5.74) is 3.54. The summed E-state index contributed by atoms with van der Waals surface area (Å²) >= 11 is 0. The number of unbranched alkanes of at least 4 members (excludes halogenated alkanes) is 2. The molecule has 7 heteroatoms. The summed E-state index contributed by atoms with van der Waals surface area (Å²) in [6.45, 7) is 7.46. The van der Waals surface area contributed by atoms with Crippen LogP contribution < -0.4 is 10.1 Å². The maximum Gasteiger partial charge on any atom is 0.318 e. The van der Waals surface area contributed by atoms with E-state index in [4.69, 9.17) is 9.47 Å². The van der Waals surface area contributed by atoms with Crippen molar-refractivity contribution in [3.8, 4) is 5.75 Å². The SMILES string of the molecule is CCCCOC[C@H](NC(=O)N1CCC[C@@H]2C(=O)N3CCc4ccccc4[C@@H]3C[C@@H]21)c1cccc(OCCCC)c1. The molecular formula is C33H45N3O4. The van der Waals surface area contributed by atoms with E-state index in [9.17, 15) is 9.59 Å². The van der Waals surface area contributed by atoms with Gasteiger partial charge in [0, 0.05) is 25.7 Å². The fourth-order valence-corrected chi connectivity index (χ4v) is 6.56. The minimum absolute atomic E-state index is 0.0391. The molecule has 3 heterocycles. The molecule has 0 aromatic heterocycles. The second kappa shape index (κ2) is 13.5. The molecule has 1 N–H and O–H groups in total. The van der Waals surface area contributed by atoms with Crippen LogP contribution in [-0.2, 0) is 16.0 Å². The molecule has 0 spiro atoms. The minimum atomic E-state index is -0.300. The topological polar surface area (TPSA) is 71.1 Å². The van der Waals surface area contributed by atoms with Crippen molar-refractivity contribution in [2.75, 3.05) is 32.9 Å². The fraction of sp³-hybridized carbons (Fsp3) is 0.576. The Morgan fingerprint density at radius 3 is 2.73 bits per heavy atom. The van der Waals surface area contributed by atoms with Crippen molar-refractivity contribution in [1.29, 1.82) is 0 Å². The van der Waals surface area contributed by atoms with E-state index in [1.165, 1.54) is 11.1 Å². The van der Waals surface area contributed by atoms with Gasteiger partial charge >= 0.3 is 6.03 Å². The predicted molar refractivity (Wildman–Crippen MR) is 156 cm³/mol. The fourth-order valence-electron chi connectivity index (χ4n) is 6.56. The second-order valence-corrected chi connectivity index (χ2v) is 11.4. The lowest BCUT2D eigenvalue weighted by Crippen LogP contribution is -2.61. The van der Waals surface area contributed by atoms with Crippen LogP contribution in [0.4, 0.5) is 4.79 Å². The summed E-state index contributed by atoms with van der Waals surface area (Å²) in [7, 11) is 0. The molecule has 216 valence electrons. The smallest absolute Gasteiger partial charge is 0.318 e. The largest absolute Gasteiger partial charge is 0.494 e. The molecule has 5 rings (SSSR count). The summed E-state index contributed by atoms with van der Waals surface area (Å²) in [5, 5.41) is 3.30. The molecule has 2 aromatic rings. The summed E-state index contributed by atoms with van der Waals surface area (Å²) in [6, 6.07) is 16.0. The number of urea groups is 1. The van der Waals surface area contributed by atoms with E-state index in [0.29, 0.717) is 26.4 Å². The first-order chi connectivity index (χ1) is 19.6. The molecule has 2 fully saturated rings. The van der Waals surface area contributed by atoms with Gasteiger partial charge in [-0.05, 0) is 67.3 Å². The van der Waals surface area contributed by atoms with Gasteiger partial charge in [0.1, 0.15) is 5.75 Å². The Kier molecular flexibility index (Phi) is 9.63. The molecule has 2 aromatic carbocycles. The van der Waals surface area contributed by atoms with Gasteiger partial charge in [0.15, 0.2) is 0 Å². The highest BCUT2D eigenvalue weighted by molar-refractivity contribution is 5.84. The van der Waals surface area contributed by atoms with Crippen molar-refractivity contribution in [3.63, 3.8) is 0 Å². The summed E-state index contributed by atoms with van der Waals surface area (Å²) in [5.74, 6) is 0.894. The van der Waals surface area contributed by atoms with E-state index >= 15 is 0 Å². The first-order valence-electron chi connectivity index (χ1n) is 15.4. The van der Waals surface area contributed by atoms with E-state index in [0.717, 1.165) is 69.2 Å². The number of likely N-dealkylation sites (tertiary alicyclic amines) is 1. The molecule has 2 saturated heterocycles. The van der Waals surface area contributed by atoms with Crippen LogP contribution in [0, 0.1) is 5.92 Å². The zero-order valence-corrected chi connectivity index (χ0v) is 24.1. The zero-order chi connectivity index (χ0) is 27.9. The molecule has 0 saturated carbocycles. The predicted octanol–water partition coefficient (Wildman–Crippen LogP) is 6.04. The number of piperidine rings is 2. The van der Waals surface area contributed by atoms with Crippen LogP contribution in [0.25, 0.3) is 0 Å². The Hall–Kier alpha value is -3.06. The number of benzene rings is 2. The third kappa shape index (κ3) is 6.30. The molecule has 40 heavy (non-hydrogen) atoms. The van der Waals surface area contributed by atoms with Crippen LogP contribution >= 0.6 is 0 Å². The van der Waals surface area contributed by atoms with E-state index < -0.39 is 0 Å². The highest BCUT2D eigenvalue weighted by Gasteiger charge is 2.48. The number of nitrogens with one attached hydrogen (secondary N) is 1. The number of fused-ring (bicyclic) bond motifs is 4. The monoisotopic (exact) mass is 547 g/mol. The summed E-state index contributed by atoms with van der Waals surface area (Å²) in [6.07, 6.45) is 7.51. The van der Waals surface area contributed by atoms with Crippen molar-refractivity contribution in [2.45, 2.75) is 83.3 Å². The average Bonchev–Trinajstić information content (AvgIpc) is 2.98. The van der Waals surface area contributed by atoms with Gasteiger partial charge in [-0.1, -0.05) is 63.1 Å². The van der Waals surface area contributed by atoms with Gasteiger partial charge in [0.25, 0.3) is 0 Å². The third-order valence-electron chi connectivity index (χ3n) is 8.77. The van der Waals surface area contributed by atoms with Crippen molar-refractivity contribution in [2.24, 2.45) is 5.92 Å². The first-order valence-corrected chi connectivity index (χ1v) is 15.4. The van der Waals surface area contributed by atoms with Crippen molar-refractivity contribution < 1.29 is 19.1 Å². The standard InChI is InChI=1S/C33H45N3O4/c1-3-5-19-39-23-29(25-12-9-13-26(21-25)40-20-6-4-2)34-33(38)36-17-10-15-28-31(36)22-30-27-14-8-7-11-24(27)16-18-35(30)32(28)37/h7-9,11-14,21,28-31H,3-6,10,15-20,22-23H2,1-2H3,(H,34,38)/t28-,29-,30-,31-/m0/s1. The minimum Gasteiger partial charge on any atom is -0.494 e. The molecule has 3 aliphatic heterocycles. The van der Waals surface area contributed by atoms with Crippen LogP contribution in [0.1, 0.15) is 87.6 Å². The first kappa shape index (κ1) is 28.5. The molecule has 7 nitrogen and oxygen atoms in total. The summed E-state index contributed by atoms with van der Waals surface area (Å²) in [4.78, 5) is 31.7. The lowest BCUT2D eigenvalue weighted by molar-refractivity contribution is -0.148. The Labute approximate surface area is 239 Å². The highest BCUT2D eigenvalue weighted by Crippen LogP contribution is 2.43. The van der Waals surface area contributed by atoms with Crippen LogP contribution in [0.2, 0.25) is 0 Å². The Morgan fingerprint density at radius 2 is 1.88 bits per heavy atom. The van der Waals surface area contributed by atoms with Gasteiger partial charge in [-0.15, -0.1) is 0 Å². The molecule has 0 aliphatic carbocycles. The molecule has 3 amide bonds. The quantitative estimate of drug-likeness (QED) is 0.348. The van der Waals surface area contributed by atoms with E-state index in [-0.39, 0.29) is 36.0 Å². The number of rotatable bonds is 11. The van der Waals surface area contributed by atoms with Crippen molar-refractivity contribution in [1.82, 2.24) is 15.1 Å². The van der Waals surface area contributed by atoms with Crippen LogP contribution in [0.15, 0.2) is 48.5 Å². The van der Waals surface area contributed by atoms with Crippen molar-refractivity contribution >= 4 is 11.9 Å². The number of hydrogen-bond acceptors (Lipinski definition) is 4. The molecule has 3 aliphatic rings. The average molecular weight is 548 g/mol. The normalized spacial score (nSPS) is 22.6. The van der Waals surface area contributed by atoms with Gasteiger partial charge < -0.3 is 24.6 Å². The number of hydrogen-bond donors (Lipinski definition) is 1. The maximum absolute atomic E-state index is 13.9. The highest BCUT2D eigenvalue weighted by atomic mass is 16.5. The van der Waals surface area contributed by atoms with Gasteiger partial charge in [-0.2, -0.15) is 0 Å². The number of ether oxygens (including phenoxy) is 2. The Balaban J connectivity index is 1.33. The van der Waals surface area contributed by atoms with Crippen LogP contribution in [0.3, 0.4) is 0 Å². The van der Waals surface area contributed by atoms with Crippen LogP contribution in [-0.4, -0.2) is 60.7 Å². The third-order valence-corrected chi connectivity index (χ3v) is 8.77. The van der Waals surface area contributed by atoms with Gasteiger partial charge in [0.2, 0.25) is 5.91 Å². The van der Waals surface area contributed by atoms with Gasteiger partial charge in [0.05, 0.1) is 31.2 Å². The molecule has 0 radical (unpaired) electrons. The number of carbonyl (C=O) groups is 2. The summed E-state index contributed by atoms with van der Waals surface area (Å²) < 4.78 is 12.0. The molecule has 0 bridgehead atoms. The zero-order valence-electron chi connectivity index (χ0n) is 24.1. The lowest BCUT2D eigenvalue weighted by Gasteiger charge is -2.51. The van der Waals surface area contributed by atoms with Crippen LogP contribution in [0.5, 0.6) is 5.75 Å². The van der Waals surface area contributed by atoms with E-state index in [1.807, 2.05) is 29.2 Å². The number of amides is 3. The Morgan fingerprint density at radius 1 is 1.05 bits per heavy atom. The molecule has 4 atom stereocenters. The number of nitrogens with zero attached hydrogens (tertiary/aromatic N) is 2. The molecule has 0 unspecified atom stereocenters. The lowest BCUT2D eigenvalue weighted by atomic mass is 9.76. The van der Waals surface area contributed by atoms with E-state index in [2.05, 4.69) is 48.3 Å².